The number of aryl methyl sites for hydroxylation is 1. The van der Waals surface area contributed by atoms with Crippen molar-refractivity contribution in [1.82, 2.24) is 0 Å². The van der Waals surface area contributed by atoms with Gasteiger partial charge in [-0.1, -0.05) is 11.8 Å². The lowest BCUT2D eigenvalue weighted by molar-refractivity contribution is 0.0624. The van der Waals surface area contributed by atoms with E-state index in [4.69, 9.17) is 9.73 Å². The molecule has 5 heteroatoms. The molecule has 0 aromatic heterocycles. The van der Waals surface area contributed by atoms with Crippen molar-refractivity contribution in [3.05, 3.63) is 29.6 Å². The zero-order valence-corrected chi connectivity index (χ0v) is 11.7. The number of ether oxygens (including phenoxy) is 1. The number of anilines is 1. The Kier molecular flexibility index (Phi) is 3.50. The summed E-state index contributed by atoms with van der Waals surface area (Å²) in [7, 11) is 0. The summed E-state index contributed by atoms with van der Waals surface area (Å²) in [5, 5.41) is 4.25. The number of nitrogens with one attached hydrogen (secondary N) is 1. The SMILES string of the molecule is Cc1cc(F)ccc1NC1=NC2(CCOCC2)CS1. The minimum absolute atomic E-state index is 0.0547. The number of thioether (sulfide) groups is 1. The van der Waals surface area contributed by atoms with E-state index in [1.807, 2.05) is 6.92 Å². The average Bonchev–Trinajstić information content (AvgIpc) is 2.77. The van der Waals surface area contributed by atoms with E-state index in [-0.39, 0.29) is 11.4 Å². The highest BCUT2D eigenvalue weighted by atomic mass is 32.2. The van der Waals surface area contributed by atoms with Gasteiger partial charge in [0.25, 0.3) is 0 Å². The molecule has 1 spiro atoms. The number of aliphatic imine (C=N–C) groups is 1. The van der Waals surface area contributed by atoms with Gasteiger partial charge in [0.05, 0.1) is 5.54 Å². The van der Waals surface area contributed by atoms with Gasteiger partial charge in [0.15, 0.2) is 5.17 Å². The van der Waals surface area contributed by atoms with E-state index in [2.05, 4.69) is 5.32 Å². The van der Waals surface area contributed by atoms with Crippen molar-refractivity contribution in [2.75, 3.05) is 24.3 Å². The van der Waals surface area contributed by atoms with Gasteiger partial charge in [-0.3, -0.25) is 4.99 Å². The van der Waals surface area contributed by atoms with Crippen LogP contribution < -0.4 is 5.32 Å². The first-order valence-corrected chi connectivity index (χ1v) is 7.49. The van der Waals surface area contributed by atoms with Gasteiger partial charge < -0.3 is 10.1 Å². The molecule has 0 radical (unpaired) electrons. The predicted molar refractivity (Wildman–Crippen MR) is 77.4 cm³/mol. The molecule has 19 heavy (non-hydrogen) atoms. The fourth-order valence-electron chi connectivity index (χ4n) is 2.44. The minimum atomic E-state index is -0.204. The molecule has 2 aliphatic rings. The van der Waals surface area contributed by atoms with Gasteiger partial charge in [0.2, 0.25) is 0 Å². The Hall–Kier alpha value is -1.07. The molecule has 0 bridgehead atoms. The highest BCUT2D eigenvalue weighted by Gasteiger charge is 2.37. The van der Waals surface area contributed by atoms with E-state index in [0.29, 0.717) is 0 Å². The van der Waals surface area contributed by atoms with E-state index >= 15 is 0 Å². The summed E-state index contributed by atoms with van der Waals surface area (Å²) >= 11 is 1.75. The Labute approximate surface area is 116 Å². The predicted octanol–water partition coefficient (Wildman–Crippen LogP) is 3.20. The molecule has 1 saturated heterocycles. The average molecular weight is 280 g/mol. The molecule has 1 fully saturated rings. The summed E-state index contributed by atoms with van der Waals surface area (Å²) in [4.78, 5) is 4.83. The highest BCUT2D eigenvalue weighted by molar-refractivity contribution is 8.14. The number of nitrogens with zero attached hydrogens (tertiary/aromatic N) is 1. The first kappa shape index (κ1) is 12.9. The van der Waals surface area contributed by atoms with Crippen LogP contribution in [0.15, 0.2) is 23.2 Å². The van der Waals surface area contributed by atoms with Gasteiger partial charge in [-0.15, -0.1) is 0 Å². The third kappa shape index (κ3) is 2.77. The normalized spacial score (nSPS) is 21.5. The van der Waals surface area contributed by atoms with Crippen LogP contribution in [0.4, 0.5) is 10.1 Å². The fraction of sp³-hybridized carbons (Fsp3) is 0.500. The molecular formula is C14H17FN2OS. The van der Waals surface area contributed by atoms with Crippen molar-refractivity contribution in [1.29, 1.82) is 0 Å². The summed E-state index contributed by atoms with van der Waals surface area (Å²) in [5.74, 6) is 0.809. The number of hydrogen-bond acceptors (Lipinski definition) is 4. The number of benzene rings is 1. The highest BCUT2D eigenvalue weighted by Crippen LogP contribution is 2.36. The first-order chi connectivity index (χ1) is 9.17. The lowest BCUT2D eigenvalue weighted by Gasteiger charge is -2.29. The molecule has 3 nitrogen and oxygen atoms in total. The number of hydrogen-bond donors (Lipinski definition) is 1. The third-order valence-electron chi connectivity index (χ3n) is 3.67. The Bertz CT molecular complexity index is 512. The van der Waals surface area contributed by atoms with Crippen LogP contribution in [-0.2, 0) is 4.74 Å². The van der Waals surface area contributed by atoms with E-state index in [1.165, 1.54) is 12.1 Å². The maximum atomic E-state index is 13.1. The van der Waals surface area contributed by atoms with Crippen LogP contribution in [0, 0.1) is 12.7 Å². The Morgan fingerprint density at radius 2 is 2.16 bits per heavy atom. The summed E-state index contributed by atoms with van der Waals surface area (Å²) in [6, 6.07) is 4.77. The van der Waals surface area contributed by atoms with Crippen molar-refractivity contribution in [2.24, 2.45) is 4.99 Å². The molecule has 0 atom stereocenters. The van der Waals surface area contributed by atoms with Crippen LogP contribution in [0.3, 0.4) is 0 Å². The molecule has 2 aliphatic heterocycles. The topological polar surface area (TPSA) is 33.6 Å². The van der Waals surface area contributed by atoms with Crippen molar-refractivity contribution in [3.63, 3.8) is 0 Å². The molecule has 1 aromatic rings. The second kappa shape index (κ2) is 5.13. The lowest BCUT2D eigenvalue weighted by Crippen LogP contribution is -2.34. The Morgan fingerprint density at radius 1 is 1.37 bits per heavy atom. The quantitative estimate of drug-likeness (QED) is 0.857. The third-order valence-corrected chi connectivity index (χ3v) is 4.82. The smallest absolute Gasteiger partial charge is 0.161 e. The Morgan fingerprint density at radius 3 is 2.89 bits per heavy atom. The molecule has 102 valence electrons. The second-order valence-electron chi connectivity index (χ2n) is 5.13. The molecule has 0 aliphatic carbocycles. The van der Waals surface area contributed by atoms with Crippen LogP contribution in [-0.4, -0.2) is 29.7 Å². The maximum absolute atomic E-state index is 13.1. The van der Waals surface area contributed by atoms with Gasteiger partial charge in [0.1, 0.15) is 5.82 Å². The van der Waals surface area contributed by atoms with Crippen LogP contribution in [0.25, 0.3) is 0 Å². The maximum Gasteiger partial charge on any atom is 0.161 e. The zero-order valence-electron chi connectivity index (χ0n) is 10.9. The monoisotopic (exact) mass is 280 g/mol. The first-order valence-electron chi connectivity index (χ1n) is 6.51. The van der Waals surface area contributed by atoms with Gasteiger partial charge in [-0.25, -0.2) is 4.39 Å². The number of rotatable bonds is 1. The molecule has 3 rings (SSSR count). The van der Waals surface area contributed by atoms with Gasteiger partial charge >= 0.3 is 0 Å². The molecule has 2 heterocycles. The lowest BCUT2D eigenvalue weighted by atomic mass is 9.93. The largest absolute Gasteiger partial charge is 0.381 e. The van der Waals surface area contributed by atoms with Crippen LogP contribution in [0.2, 0.25) is 0 Å². The van der Waals surface area contributed by atoms with Crippen LogP contribution in [0.1, 0.15) is 18.4 Å². The van der Waals surface area contributed by atoms with E-state index in [0.717, 1.165) is 48.2 Å². The minimum Gasteiger partial charge on any atom is -0.381 e. The van der Waals surface area contributed by atoms with Crippen molar-refractivity contribution < 1.29 is 9.13 Å². The fourth-order valence-corrected chi connectivity index (χ4v) is 3.64. The summed E-state index contributed by atoms with van der Waals surface area (Å²) in [5.41, 5.74) is 1.88. The molecule has 0 amide bonds. The summed E-state index contributed by atoms with van der Waals surface area (Å²) in [6.07, 6.45) is 1.99. The Balaban J connectivity index is 1.75. The number of halogens is 1. The van der Waals surface area contributed by atoms with E-state index < -0.39 is 0 Å². The van der Waals surface area contributed by atoms with Crippen LogP contribution >= 0.6 is 11.8 Å². The van der Waals surface area contributed by atoms with Crippen molar-refractivity contribution in [3.8, 4) is 0 Å². The second-order valence-corrected chi connectivity index (χ2v) is 6.09. The summed E-state index contributed by atoms with van der Waals surface area (Å²) < 4.78 is 18.5. The molecule has 1 N–H and O–H groups in total. The van der Waals surface area contributed by atoms with Crippen LogP contribution in [0.5, 0.6) is 0 Å². The molecular weight excluding hydrogens is 263 g/mol. The van der Waals surface area contributed by atoms with Gasteiger partial charge in [0, 0.05) is 24.7 Å². The molecule has 0 saturated carbocycles. The number of amidine groups is 1. The zero-order chi connectivity index (χ0) is 13.3. The molecule has 1 aromatic carbocycles. The van der Waals surface area contributed by atoms with E-state index in [1.54, 1.807) is 17.8 Å². The standard InChI is InChI=1S/C14H17FN2OS/c1-10-8-11(15)2-3-12(10)16-13-17-14(9-19-13)4-6-18-7-5-14/h2-3,8H,4-7,9H2,1H3,(H,16,17). The van der Waals surface area contributed by atoms with E-state index in [9.17, 15) is 4.39 Å². The van der Waals surface area contributed by atoms with Gasteiger partial charge in [-0.2, -0.15) is 0 Å². The van der Waals surface area contributed by atoms with Gasteiger partial charge in [-0.05, 0) is 43.5 Å². The summed E-state index contributed by atoms with van der Waals surface area (Å²) in [6.45, 7) is 3.50. The molecule has 0 unspecified atom stereocenters. The van der Waals surface area contributed by atoms with Crippen molar-refractivity contribution in [2.45, 2.75) is 25.3 Å². The van der Waals surface area contributed by atoms with Crippen molar-refractivity contribution >= 4 is 22.6 Å².